The van der Waals surface area contributed by atoms with Gasteiger partial charge in [0.2, 0.25) is 0 Å². The van der Waals surface area contributed by atoms with E-state index in [1.165, 1.54) is 23.0 Å². The second-order valence-corrected chi connectivity index (χ2v) is 8.38. The normalized spacial score (nSPS) is 14.2. The molecule has 0 saturated heterocycles. The molecule has 0 unspecified atom stereocenters. The minimum atomic E-state index is -0.568. The van der Waals surface area contributed by atoms with E-state index in [0.29, 0.717) is 20.9 Å². The maximum absolute atomic E-state index is 13.4. The number of hydrogen-bond donors (Lipinski definition) is 0. The molecule has 0 N–H and O–H groups in total. The molecule has 7 nitrogen and oxygen atoms in total. The summed E-state index contributed by atoms with van der Waals surface area (Å²) in [5, 5.41) is 1.02. The highest BCUT2D eigenvalue weighted by atomic mass is 35.5. The number of thiophene rings is 1. The van der Waals surface area contributed by atoms with Crippen LogP contribution in [0.15, 0.2) is 33.9 Å². The summed E-state index contributed by atoms with van der Waals surface area (Å²) in [5.41, 5.74) is 0.453. The van der Waals surface area contributed by atoms with Gasteiger partial charge in [0.25, 0.3) is 5.56 Å². The van der Waals surface area contributed by atoms with Crippen LogP contribution >= 0.6 is 22.9 Å². The van der Waals surface area contributed by atoms with Gasteiger partial charge >= 0.3 is 11.7 Å². The molecule has 0 amide bonds. The first-order chi connectivity index (χ1) is 13.9. The molecule has 1 aromatic carbocycles. The van der Waals surface area contributed by atoms with Gasteiger partial charge in [-0.25, -0.2) is 9.36 Å². The maximum Gasteiger partial charge on any atom is 0.337 e. The molecule has 1 aliphatic rings. The highest BCUT2D eigenvalue weighted by Crippen LogP contribution is 2.33. The Bertz CT molecular complexity index is 1210. The van der Waals surface area contributed by atoms with Crippen molar-refractivity contribution in [1.29, 1.82) is 0 Å². The van der Waals surface area contributed by atoms with Gasteiger partial charge in [-0.3, -0.25) is 19.1 Å². The summed E-state index contributed by atoms with van der Waals surface area (Å²) in [6.45, 7) is 4.34. The fourth-order valence-electron chi connectivity index (χ4n) is 3.68. The Balaban J connectivity index is 2.04. The molecule has 0 radical (unpaired) electrons. The second-order valence-electron chi connectivity index (χ2n) is 6.86. The van der Waals surface area contributed by atoms with Crippen molar-refractivity contribution >= 4 is 39.1 Å². The predicted molar refractivity (Wildman–Crippen MR) is 113 cm³/mol. The first-order valence-corrected chi connectivity index (χ1v) is 10.5. The number of aromatic nitrogens is 2. The smallest absolute Gasteiger partial charge is 0.337 e. The lowest BCUT2D eigenvalue weighted by Gasteiger charge is -2.24. The van der Waals surface area contributed by atoms with E-state index >= 15 is 0 Å². The molecular weight excluding hydrogens is 414 g/mol. The molecule has 0 saturated carbocycles. The van der Waals surface area contributed by atoms with Crippen LogP contribution in [0.3, 0.4) is 0 Å². The third kappa shape index (κ3) is 3.41. The molecule has 3 aromatic rings. The number of hydrogen-bond acceptors (Lipinski definition) is 6. The fraction of sp³-hybridized carbons (Fsp3) is 0.350. The van der Waals surface area contributed by atoms with E-state index in [2.05, 4.69) is 11.8 Å². The van der Waals surface area contributed by atoms with E-state index in [0.717, 1.165) is 41.1 Å². The number of rotatable bonds is 4. The maximum atomic E-state index is 13.4. The highest BCUT2D eigenvalue weighted by molar-refractivity contribution is 7.18. The van der Waals surface area contributed by atoms with Crippen molar-refractivity contribution in [2.45, 2.75) is 26.4 Å². The van der Waals surface area contributed by atoms with E-state index in [-0.39, 0.29) is 12.1 Å². The molecule has 0 atom stereocenters. The van der Waals surface area contributed by atoms with Gasteiger partial charge in [0, 0.05) is 23.0 Å². The molecule has 1 aliphatic heterocycles. The average molecular weight is 434 g/mol. The zero-order valence-electron chi connectivity index (χ0n) is 16.1. The van der Waals surface area contributed by atoms with E-state index in [1.54, 1.807) is 24.3 Å². The number of esters is 1. The zero-order valence-corrected chi connectivity index (χ0v) is 17.7. The summed E-state index contributed by atoms with van der Waals surface area (Å²) in [4.78, 5) is 42.6. The van der Waals surface area contributed by atoms with E-state index in [9.17, 15) is 14.4 Å². The fourth-order valence-corrected chi connectivity index (χ4v) is 5.18. The molecular formula is C20H20ClN3O4S. The molecule has 0 fully saturated rings. The van der Waals surface area contributed by atoms with Gasteiger partial charge in [0.15, 0.2) is 0 Å². The number of halogens is 1. The van der Waals surface area contributed by atoms with Crippen molar-refractivity contribution in [2.75, 3.05) is 20.2 Å². The number of carbonyl (C=O) groups is 1. The standard InChI is InChI=1S/C20H20ClN3O4S/c1-3-22-9-8-14-15(10-22)29-19-17(14)18(26)24(13-6-4-12(21)5-7-13)20(27)23(19)11-16(25)28-2/h4-7H,3,8-11H2,1-2H3. The highest BCUT2D eigenvalue weighted by Gasteiger charge is 2.26. The number of ether oxygens (including phenoxy) is 1. The lowest BCUT2D eigenvalue weighted by atomic mass is 10.1. The Morgan fingerprint density at radius 3 is 2.62 bits per heavy atom. The number of fused-ring (bicyclic) bond motifs is 3. The van der Waals surface area contributed by atoms with Crippen LogP contribution < -0.4 is 11.2 Å². The summed E-state index contributed by atoms with van der Waals surface area (Å²) in [6, 6.07) is 6.49. The molecule has 9 heteroatoms. The van der Waals surface area contributed by atoms with Crippen LogP contribution in [0.25, 0.3) is 15.9 Å². The molecule has 0 spiro atoms. The Morgan fingerprint density at radius 1 is 1.24 bits per heavy atom. The lowest BCUT2D eigenvalue weighted by molar-refractivity contribution is -0.141. The molecule has 29 heavy (non-hydrogen) atoms. The summed E-state index contributed by atoms with van der Waals surface area (Å²) < 4.78 is 7.23. The number of methoxy groups -OCH3 is 1. The second kappa shape index (κ2) is 7.78. The monoisotopic (exact) mass is 433 g/mol. The SMILES string of the molecule is CCN1CCc2c(sc3c2c(=O)n(-c2ccc(Cl)cc2)c(=O)n3CC(=O)OC)C1. The number of nitrogens with zero attached hydrogens (tertiary/aromatic N) is 3. The van der Waals surface area contributed by atoms with Gasteiger partial charge in [-0.2, -0.15) is 0 Å². The third-order valence-corrected chi connectivity index (χ3v) is 6.74. The first-order valence-electron chi connectivity index (χ1n) is 9.29. The minimum absolute atomic E-state index is 0.253. The summed E-state index contributed by atoms with van der Waals surface area (Å²) in [5.74, 6) is -0.545. The summed E-state index contributed by atoms with van der Waals surface area (Å²) in [7, 11) is 1.28. The number of benzene rings is 1. The quantitative estimate of drug-likeness (QED) is 0.591. The van der Waals surface area contributed by atoms with Crippen molar-refractivity contribution in [3.63, 3.8) is 0 Å². The average Bonchev–Trinajstić information content (AvgIpc) is 3.11. The molecule has 2 aromatic heterocycles. The Morgan fingerprint density at radius 2 is 1.97 bits per heavy atom. The van der Waals surface area contributed by atoms with Gasteiger partial charge in [-0.1, -0.05) is 18.5 Å². The molecule has 4 rings (SSSR count). The molecule has 0 aliphatic carbocycles. The van der Waals surface area contributed by atoms with Crippen molar-refractivity contribution in [1.82, 2.24) is 14.0 Å². The van der Waals surface area contributed by atoms with Crippen LogP contribution in [0.1, 0.15) is 17.4 Å². The predicted octanol–water partition coefficient (Wildman–Crippen LogP) is 2.42. The third-order valence-electron chi connectivity index (χ3n) is 5.25. The Labute approximate surface area is 175 Å². The van der Waals surface area contributed by atoms with Crippen molar-refractivity contribution in [3.05, 3.63) is 60.6 Å². The van der Waals surface area contributed by atoms with Crippen LogP contribution in [-0.4, -0.2) is 40.2 Å². The van der Waals surface area contributed by atoms with Gasteiger partial charge in [0.1, 0.15) is 11.4 Å². The van der Waals surface area contributed by atoms with Crippen molar-refractivity contribution in [3.8, 4) is 5.69 Å². The Kier molecular flexibility index (Phi) is 5.33. The van der Waals surface area contributed by atoms with Crippen LogP contribution in [0.4, 0.5) is 0 Å². The van der Waals surface area contributed by atoms with Crippen LogP contribution in [0, 0.1) is 0 Å². The minimum Gasteiger partial charge on any atom is -0.468 e. The van der Waals surface area contributed by atoms with E-state index < -0.39 is 11.7 Å². The number of likely N-dealkylation sites (N-methyl/N-ethyl adjacent to an activating group) is 1. The van der Waals surface area contributed by atoms with Crippen LogP contribution in [0.5, 0.6) is 0 Å². The molecule has 3 heterocycles. The summed E-state index contributed by atoms with van der Waals surface area (Å²) in [6.07, 6.45) is 0.732. The van der Waals surface area contributed by atoms with Gasteiger partial charge < -0.3 is 4.74 Å². The van der Waals surface area contributed by atoms with Gasteiger partial charge in [0.05, 0.1) is 18.2 Å². The number of carbonyl (C=O) groups excluding carboxylic acids is 1. The lowest BCUT2D eigenvalue weighted by Crippen LogP contribution is -2.40. The van der Waals surface area contributed by atoms with Gasteiger partial charge in [-0.15, -0.1) is 11.3 Å². The zero-order chi connectivity index (χ0) is 20.7. The molecule has 152 valence electrons. The Hall–Kier alpha value is -2.42. The van der Waals surface area contributed by atoms with Gasteiger partial charge in [-0.05, 0) is 42.8 Å². The van der Waals surface area contributed by atoms with Crippen molar-refractivity contribution in [2.24, 2.45) is 0 Å². The first kappa shape index (κ1) is 19.9. The molecule has 0 bridgehead atoms. The topological polar surface area (TPSA) is 73.5 Å². The summed E-state index contributed by atoms with van der Waals surface area (Å²) >= 11 is 7.37. The van der Waals surface area contributed by atoms with Crippen LogP contribution in [0.2, 0.25) is 5.02 Å². The van der Waals surface area contributed by atoms with Crippen molar-refractivity contribution < 1.29 is 9.53 Å². The largest absolute Gasteiger partial charge is 0.468 e. The van der Waals surface area contributed by atoms with Crippen LogP contribution in [-0.2, 0) is 29.0 Å². The van der Waals surface area contributed by atoms with E-state index in [1.807, 2.05) is 0 Å². The van der Waals surface area contributed by atoms with E-state index in [4.69, 9.17) is 16.3 Å².